The molecule has 3 nitrogen and oxygen atoms in total. The van der Waals surface area contributed by atoms with E-state index in [1.807, 2.05) is 28.9 Å². The zero-order valence-corrected chi connectivity index (χ0v) is 12.3. The van der Waals surface area contributed by atoms with E-state index >= 15 is 0 Å². The summed E-state index contributed by atoms with van der Waals surface area (Å²) in [6.07, 6.45) is 2.26. The summed E-state index contributed by atoms with van der Waals surface area (Å²) in [5, 5.41) is 3.50. The van der Waals surface area contributed by atoms with E-state index in [1.165, 1.54) is 16.8 Å². The number of anilines is 1. The first kappa shape index (κ1) is 14.9. The van der Waals surface area contributed by atoms with E-state index in [0.29, 0.717) is 6.61 Å². The van der Waals surface area contributed by atoms with Crippen molar-refractivity contribution in [2.75, 3.05) is 11.9 Å². The van der Waals surface area contributed by atoms with Crippen LogP contribution in [-0.2, 0) is 19.8 Å². The molecule has 0 amide bonds. The molecule has 2 rings (SSSR count). The molecule has 1 aliphatic heterocycles. The van der Waals surface area contributed by atoms with Crippen LogP contribution >= 0.6 is 0 Å². The first-order chi connectivity index (χ1) is 8.52. The van der Waals surface area contributed by atoms with Crippen LogP contribution in [0.15, 0.2) is 24.3 Å². The fraction of sp³-hybridized carbons (Fsp3) is 0.429. The molecule has 0 saturated carbocycles. The molecule has 1 aromatic rings. The molecule has 1 aromatic carbocycles. The van der Waals surface area contributed by atoms with E-state index in [9.17, 15) is 0 Å². The van der Waals surface area contributed by atoms with Gasteiger partial charge < -0.3 is 10.1 Å². The normalized spacial score (nSPS) is 15.5. The first-order valence-corrected chi connectivity index (χ1v) is 6.36. The van der Waals surface area contributed by atoms with Crippen molar-refractivity contribution in [1.82, 2.24) is 0 Å². The monoisotopic (exact) mass is 289 g/mol. The summed E-state index contributed by atoms with van der Waals surface area (Å²) >= 11 is 2.00. The van der Waals surface area contributed by atoms with Crippen LogP contribution in [0.25, 0.3) is 5.57 Å². The van der Waals surface area contributed by atoms with Gasteiger partial charge in [0.1, 0.15) is 5.75 Å². The Morgan fingerprint density at radius 3 is 2.61 bits per heavy atom. The molecule has 0 spiro atoms. The molecule has 0 aromatic heterocycles. The number of benzene rings is 1. The van der Waals surface area contributed by atoms with E-state index in [0.717, 1.165) is 5.75 Å². The van der Waals surface area contributed by atoms with Crippen LogP contribution < -0.4 is 10.1 Å². The second-order valence-electron chi connectivity index (χ2n) is 4.81. The number of ether oxygens (including phenoxy) is 1. The van der Waals surface area contributed by atoms with Crippen molar-refractivity contribution >= 4 is 11.3 Å². The Morgan fingerprint density at radius 1 is 1.33 bits per heavy atom. The van der Waals surface area contributed by atoms with Crippen LogP contribution in [0.5, 0.6) is 5.75 Å². The fourth-order valence-corrected chi connectivity index (χ4v) is 2.22. The van der Waals surface area contributed by atoms with Gasteiger partial charge in [0.2, 0.25) is 0 Å². The summed E-state index contributed by atoms with van der Waals surface area (Å²) in [6, 6.07) is 6.22. The topological polar surface area (TPSA) is 38.3 Å². The van der Waals surface area contributed by atoms with E-state index < -0.39 is 0 Å². The van der Waals surface area contributed by atoms with Crippen molar-refractivity contribution in [3.8, 4) is 5.75 Å². The van der Waals surface area contributed by atoms with Gasteiger partial charge in [-0.3, -0.25) is 0 Å². The SMILES string of the molecule is CCOc1ccc2c(c1)C(C)=CC(C)(C)N2.[O]=[Fe]. The van der Waals surface area contributed by atoms with Gasteiger partial charge in [-0.25, -0.2) is 0 Å². The van der Waals surface area contributed by atoms with Crippen LogP contribution in [0.1, 0.15) is 33.3 Å². The van der Waals surface area contributed by atoms with Gasteiger partial charge >= 0.3 is 19.8 Å². The quantitative estimate of drug-likeness (QED) is 0.846. The summed E-state index contributed by atoms with van der Waals surface area (Å²) < 4.78 is 13.5. The number of allylic oxidation sites excluding steroid dienone is 1. The third-order valence-electron chi connectivity index (χ3n) is 2.76. The van der Waals surface area contributed by atoms with Crippen molar-refractivity contribution < 1.29 is 24.5 Å². The molecule has 1 N–H and O–H groups in total. The first-order valence-electron chi connectivity index (χ1n) is 5.91. The molecule has 0 fully saturated rings. The number of rotatable bonds is 2. The maximum atomic E-state index is 8.00. The molecule has 0 unspecified atom stereocenters. The standard InChI is InChI=1S/C14H19NO.Fe.O/c1-5-16-11-6-7-13-12(8-11)10(2)9-14(3,4)15-13;;/h6-9,15H,5H2,1-4H3;;. The molecule has 0 bridgehead atoms. The predicted molar refractivity (Wildman–Crippen MR) is 69.7 cm³/mol. The Bertz CT molecular complexity index is 455. The average molecular weight is 289 g/mol. The second-order valence-corrected chi connectivity index (χ2v) is 4.81. The van der Waals surface area contributed by atoms with E-state index in [2.05, 4.69) is 44.3 Å². The van der Waals surface area contributed by atoms with Gasteiger partial charge in [0.15, 0.2) is 0 Å². The molecule has 0 aliphatic carbocycles. The Balaban J connectivity index is 0.000000771. The van der Waals surface area contributed by atoms with Crippen molar-refractivity contribution in [3.05, 3.63) is 29.8 Å². The molecule has 18 heavy (non-hydrogen) atoms. The van der Waals surface area contributed by atoms with Crippen molar-refractivity contribution in [3.63, 3.8) is 0 Å². The average Bonchev–Trinajstić information content (AvgIpc) is 2.32. The molecular formula is C14H19FeNO2. The third kappa shape index (κ3) is 3.44. The Labute approximate surface area is 117 Å². The van der Waals surface area contributed by atoms with Gasteiger partial charge in [-0.1, -0.05) is 6.08 Å². The number of fused-ring (bicyclic) bond motifs is 1. The maximum absolute atomic E-state index is 8.00. The van der Waals surface area contributed by atoms with Gasteiger partial charge in [0, 0.05) is 11.3 Å². The Kier molecular flexibility index (Phi) is 5.12. The van der Waals surface area contributed by atoms with Gasteiger partial charge in [0.05, 0.1) is 12.1 Å². The van der Waals surface area contributed by atoms with E-state index in [1.54, 1.807) is 0 Å². The van der Waals surface area contributed by atoms with Gasteiger partial charge in [0.25, 0.3) is 0 Å². The van der Waals surface area contributed by atoms with Crippen molar-refractivity contribution in [2.45, 2.75) is 33.2 Å². The second kappa shape index (κ2) is 6.17. The van der Waals surface area contributed by atoms with Crippen LogP contribution in [0.4, 0.5) is 5.69 Å². The summed E-state index contributed by atoms with van der Waals surface area (Å²) in [6.45, 7) is 9.22. The molecule has 4 heteroatoms. The summed E-state index contributed by atoms with van der Waals surface area (Å²) in [5.41, 5.74) is 3.77. The molecule has 1 heterocycles. The predicted octanol–water partition coefficient (Wildman–Crippen LogP) is 3.57. The summed E-state index contributed by atoms with van der Waals surface area (Å²) in [5.74, 6) is 0.940. The van der Waals surface area contributed by atoms with Crippen molar-refractivity contribution in [2.24, 2.45) is 0 Å². The van der Waals surface area contributed by atoms with Crippen molar-refractivity contribution in [1.29, 1.82) is 0 Å². The zero-order valence-electron chi connectivity index (χ0n) is 11.2. The molecule has 1 aliphatic rings. The van der Waals surface area contributed by atoms with Gasteiger partial charge in [-0.2, -0.15) is 0 Å². The van der Waals surface area contributed by atoms with Crippen LogP contribution in [0.2, 0.25) is 0 Å². The Hall–Kier alpha value is -1.12. The minimum atomic E-state index is 0.0320. The third-order valence-corrected chi connectivity index (χ3v) is 2.76. The van der Waals surface area contributed by atoms with E-state index in [4.69, 9.17) is 8.57 Å². The molecule has 0 radical (unpaired) electrons. The van der Waals surface area contributed by atoms with Crippen LogP contribution in [-0.4, -0.2) is 12.1 Å². The van der Waals surface area contributed by atoms with E-state index in [-0.39, 0.29) is 5.54 Å². The van der Waals surface area contributed by atoms with Crippen LogP contribution in [0, 0.1) is 0 Å². The molecule has 0 atom stereocenters. The fourth-order valence-electron chi connectivity index (χ4n) is 2.22. The summed E-state index contributed by atoms with van der Waals surface area (Å²) in [4.78, 5) is 0. The molecular weight excluding hydrogens is 270 g/mol. The number of nitrogens with one attached hydrogen (secondary N) is 1. The molecule has 100 valence electrons. The minimum absolute atomic E-state index is 0.0320. The van der Waals surface area contributed by atoms with Gasteiger partial charge in [-0.15, -0.1) is 0 Å². The molecule has 0 saturated heterocycles. The van der Waals surface area contributed by atoms with Crippen LogP contribution in [0.3, 0.4) is 0 Å². The summed E-state index contributed by atoms with van der Waals surface area (Å²) in [7, 11) is 0. The number of hydrogen-bond donors (Lipinski definition) is 1. The Morgan fingerprint density at radius 2 is 2.00 bits per heavy atom. The zero-order chi connectivity index (χ0) is 13.8. The van der Waals surface area contributed by atoms with Gasteiger partial charge in [-0.05, 0) is 51.5 Å². The number of hydrogen-bond acceptors (Lipinski definition) is 3.